The third-order valence-electron chi connectivity index (χ3n) is 4.05. The Morgan fingerprint density at radius 3 is 2.88 bits per heavy atom. The molecule has 0 N–H and O–H groups in total. The molecule has 1 saturated carbocycles. The van der Waals surface area contributed by atoms with Crippen LogP contribution in [0.25, 0.3) is 0 Å². The number of hydrogen-bond donors (Lipinski definition) is 0. The highest BCUT2D eigenvalue weighted by Gasteiger charge is 2.18. The summed E-state index contributed by atoms with van der Waals surface area (Å²) in [6.45, 7) is 2.37. The monoisotopic (exact) mass is 230 g/mol. The molecule has 2 rings (SSSR count). The number of aryl methyl sites for hydroxylation is 1. The van der Waals surface area contributed by atoms with Crippen molar-refractivity contribution in [3.8, 4) is 0 Å². The van der Waals surface area contributed by atoms with Crippen molar-refractivity contribution in [1.29, 1.82) is 0 Å². The van der Waals surface area contributed by atoms with Crippen LogP contribution in [0.2, 0.25) is 0 Å². The molecule has 0 heterocycles. The lowest BCUT2D eigenvalue weighted by atomic mass is 9.79. The highest BCUT2D eigenvalue weighted by molar-refractivity contribution is 5.77. The van der Waals surface area contributed by atoms with Crippen LogP contribution in [0.15, 0.2) is 24.3 Å². The van der Waals surface area contributed by atoms with Gasteiger partial charge in [0.2, 0.25) is 0 Å². The van der Waals surface area contributed by atoms with E-state index in [2.05, 4.69) is 13.0 Å². The van der Waals surface area contributed by atoms with Gasteiger partial charge in [-0.25, -0.2) is 0 Å². The van der Waals surface area contributed by atoms with Gasteiger partial charge in [0.25, 0.3) is 0 Å². The standard InChI is InChI=1S/C16H22O/c1-13-5-4-6-14(11-13)9-10-15-7-2-3-8-16(15)12-17/h2-3,7-8,12-14H,4-6,9-11H2,1H3. The molecule has 1 aromatic carbocycles. The van der Waals surface area contributed by atoms with E-state index in [0.29, 0.717) is 0 Å². The SMILES string of the molecule is CC1CCCC(CCc2ccccc2C=O)C1. The number of benzene rings is 1. The number of aldehydes is 1. The summed E-state index contributed by atoms with van der Waals surface area (Å²) in [5.41, 5.74) is 2.09. The van der Waals surface area contributed by atoms with Crippen LogP contribution in [0, 0.1) is 11.8 Å². The van der Waals surface area contributed by atoms with E-state index >= 15 is 0 Å². The largest absolute Gasteiger partial charge is 0.298 e. The molecule has 0 aliphatic heterocycles. The van der Waals surface area contributed by atoms with Crippen LogP contribution in [-0.4, -0.2) is 6.29 Å². The molecule has 0 saturated heterocycles. The van der Waals surface area contributed by atoms with E-state index in [1.807, 2.05) is 18.2 Å². The van der Waals surface area contributed by atoms with E-state index in [1.165, 1.54) is 37.7 Å². The Hall–Kier alpha value is -1.11. The van der Waals surface area contributed by atoms with Gasteiger partial charge in [0.1, 0.15) is 6.29 Å². The maximum atomic E-state index is 10.9. The van der Waals surface area contributed by atoms with Gasteiger partial charge in [0.05, 0.1) is 0 Å². The summed E-state index contributed by atoms with van der Waals surface area (Å²) in [4.78, 5) is 10.9. The molecule has 2 unspecified atom stereocenters. The van der Waals surface area contributed by atoms with Gasteiger partial charge in [-0.15, -0.1) is 0 Å². The first kappa shape index (κ1) is 12.3. The molecular weight excluding hydrogens is 208 g/mol. The second-order valence-corrected chi connectivity index (χ2v) is 5.49. The summed E-state index contributed by atoms with van der Waals surface area (Å²) in [7, 11) is 0. The summed E-state index contributed by atoms with van der Waals surface area (Å²) in [5, 5.41) is 0. The number of carbonyl (C=O) groups excluding carboxylic acids is 1. The third kappa shape index (κ3) is 3.42. The lowest BCUT2D eigenvalue weighted by molar-refractivity contribution is 0.112. The van der Waals surface area contributed by atoms with E-state index in [1.54, 1.807) is 0 Å². The molecule has 17 heavy (non-hydrogen) atoms. The van der Waals surface area contributed by atoms with E-state index < -0.39 is 0 Å². The molecule has 1 aromatic rings. The Morgan fingerprint density at radius 1 is 1.29 bits per heavy atom. The molecule has 0 amide bonds. The normalized spacial score (nSPS) is 24.5. The van der Waals surface area contributed by atoms with Crippen molar-refractivity contribution in [2.24, 2.45) is 11.8 Å². The quantitative estimate of drug-likeness (QED) is 0.706. The van der Waals surface area contributed by atoms with E-state index in [4.69, 9.17) is 0 Å². The van der Waals surface area contributed by atoms with Crippen molar-refractivity contribution in [2.75, 3.05) is 0 Å². The molecule has 2 atom stereocenters. The smallest absolute Gasteiger partial charge is 0.150 e. The van der Waals surface area contributed by atoms with Crippen LogP contribution < -0.4 is 0 Å². The molecule has 0 radical (unpaired) electrons. The predicted octanol–water partition coefficient (Wildman–Crippen LogP) is 4.26. The molecule has 92 valence electrons. The summed E-state index contributed by atoms with van der Waals surface area (Å²) in [5.74, 6) is 1.77. The van der Waals surface area contributed by atoms with Crippen LogP contribution in [0.3, 0.4) is 0 Å². The lowest BCUT2D eigenvalue weighted by Crippen LogP contribution is -2.14. The first-order valence-corrected chi connectivity index (χ1v) is 6.82. The minimum Gasteiger partial charge on any atom is -0.298 e. The highest BCUT2D eigenvalue weighted by atomic mass is 16.1. The molecule has 0 bridgehead atoms. The number of hydrogen-bond acceptors (Lipinski definition) is 1. The summed E-state index contributed by atoms with van der Waals surface area (Å²) >= 11 is 0. The van der Waals surface area contributed by atoms with Gasteiger partial charge in [0.15, 0.2) is 0 Å². The Balaban J connectivity index is 1.90. The average Bonchev–Trinajstić information content (AvgIpc) is 2.37. The minimum atomic E-state index is 0.872. The maximum absolute atomic E-state index is 10.9. The highest BCUT2D eigenvalue weighted by Crippen LogP contribution is 2.31. The Labute approximate surface area is 104 Å². The van der Waals surface area contributed by atoms with Crippen LogP contribution in [0.4, 0.5) is 0 Å². The fourth-order valence-electron chi connectivity index (χ4n) is 3.06. The molecule has 0 aromatic heterocycles. The Kier molecular flexibility index (Phi) is 4.36. The first-order chi connectivity index (χ1) is 8.29. The van der Waals surface area contributed by atoms with Crippen LogP contribution >= 0.6 is 0 Å². The van der Waals surface area contributed by atoms with Crippen LogP contribution in [-0.2, 0) is 6.42 Å². The Morgan fingerprint density at radius 2 is 2.12 bits per heavy atom. The van der Waals surface area contributed by atoms with Gasteiger partial charge < -0.3 is 0 Å². The summed E-state index contributed by atoms with van der Waals surface area (Å²) in [6, 6.07) is 7.99. The van der Waals surface area contributed by atoms with Crippen molar-refractivity contribution in [3.05, 3.63) is 35.4 Å². The van der Waals surface area contributed by atoms with E-state index in [-0.39, 0.29) is 0 Å². The molecule has 1 fully saturated rings. The van der Waals surface area contributed by atoms with E-state index in [9.17, 15) is 4.79 Å². The second-order valence-electron chi connectivity index (χ2n) is 5.49. The maximum Gasteiger partial charge on any atom is 0.150 e. The zero-order valence-electron chi connectivity index (χ0n) is 10.7. The topological polar surface area (TPSA) is 17.1 Å². The fourth-order valence-corrected chi connectivity index (χ4v) is 3.06. The molecule has 1 nitrogen and oxygen atoms in total. The van der Waals surface area contributed by atoms with Crippen molar-refractivity contribution >= 4 is 6.29 Å². The zero-order valence-corrected chi connectivity index (χ0v) is 10.7. The molecule has 0 spiro atoms. The minimum absolute atomic E-state index is 0.872. The lowest BCUT2D eigenvalue weighted by Gasteiger charge is -2.26. The van der Waals surface area contributed by atoms with Crippen molar-refractivity contribution in [2.45, 2.75) is 45.4 Å². The molecule has 1 aliphatic carbocycles. The van der Waals surface area contributed by atoms with E-state index in [0.717, 1.165) is 30.1 Å². The van der Waals surface area contributed by atoms with Crippen LogP contribution in [0.1, 0.15) is 54.9 Å². The molecule has 1 heteroatoms. The summed E-state index contributed by atoms with van der Waals surface area (Å²) in [6.07, 6.45) is 8.85. The van der Waals surface area contributed by atoms with Gasteiger partial charge in [-0.05, 0) is 36.7 Å². The Bertz CT molecular complexity index is 370. The average molecular weight is 230 g/mol. The van der Waals surface area contributed by atoms with Gasteiger partial charge >= 0.3 is 0 Å². The summed E-state index contributed by atoms with van der Waals surface area (Å²) < 4.78 is 0. The first-order valence-electron chi connectivity index (χ1n) is 6.82. The molecule has 1 aliphatic rings. The fraction of sp³-hybridized carbons (Fsp3) is 0.562. The third-order valence-corrected chi connectivity index (χ3v) is 4.05. The predicted molar refractivity (Wildman–Crippen MR) is 71.3 cm³/mol. The van der Waals surface area contributed by atoms with Crippen LogP contribution in [0.5, 0.6) is 0 Å². The van der Waals surface area contributed by atoms with Gasteiger partial charge in [-0.1, -0.05) is 50.5 Å². The van der Waals surface area contributed by atoms with Crippen molar-refractivity contribution in [1.82, 2.24) is 0 Å². The molecular formula is C16H22O. The van der Waals surface area contributed by atoms with Gasteiger partial charge in [-0.3, -0.25) is 4.79 Å². The van der Waals surface area contributed by atoms with Gasteiger partial charge in [-0.2, -0.15) is 0 Å². The number of carbonyl (C=O) groups is 1. The van der Waals surface area contributed by atoms with Gasteiger partial charge in [0, 0.05) is 5.56 Å². The second kappa shape index (κ2) is 6.00. The van der Waals surface area contributed by atoms with Crippen molar-refractivity contribution < 1.29 is 4.79 Å². The number of rotatable bonds is 4. The zero-order chi connectivity index (χ0) is 12.1. The van der Waals surface area contributed by atoms with Crippen molar-refractivity contribution in [3.63, 3.8) is 0 Å².